The number of nitrogens with one attached hydrogen (secondary N) is 1. The third kappa shape index (κ3) is 5.05. The lowest BCUT2D eigenvalue weighted by atomic mass is 10.1. The van der Waals surface area contributed by atoms with Crippen molar-refractivity contribution >= 4 is 21.6 Å². The molecule has 7 heteroatoms. The summed E-state index contributed by atoms with van der Waals surface area (Å²) in [5.74, 6) is 0.281. The number of hydrogen-bond acceptors (Lipinski definition) is 4. The molecule has 0 saturated heterocycles. The van der Waals surface area contributed by atoms with Crippen molar-refractivity contribution in [3.05, 3.63) is 37.2 Å². The van der Waals surface area contributed by atoms with Gasteiger partial charge in [0, 0.05) is 18.3 Å². The van der Waals surface area contributed by atoms with Gasteiger partial charge in [-0.25, -0.2) is 0 Å². The van der Waals surface area contributed by atoms with Crippen molar-refractivity contribution in [2.45, 2.75) is 39.8 Å². The van der Waals surface area contributed by atoms with Crippen molar-refractivity contribution in [1.82, 2.24) is 9.88 Å². The van der Waals surface area contributed by atoms with Crippen molar-refractivity contribution in [1.29, 1.82) is 0 Å². The van der Waals surface area contributed by atoms with Crippen LogP contribution < -0.4 is 10.7 Å². The maximum Gasteiger partial charge on any atom is 0.333 e. The van der Waals surface area contributed by atoms with Crippen LogP contribution in [0.4, 0.5) is 5.69 Å². The highest BCUT2D eigenvalue weighted by Gasteiger charge is 2.17. The molecule has 20 heavy (non-hydrogen) atoms. The lowest BCUT2D eigenvalue weighted by Gasteiger charge is -2.24. The van der Waals surface area contributed by atoms with E-state index in [2.05, 4.69) is 48.9 Å². The number of hydrogen-bond donors (Lipinski definition) is 1. The van der Waals surface area contributed by atoms with Crippen LogP contribution in [0.3, 0.4) is 0 Å². The molecule has 0 aliphatic carbocycles. The number of aromatic nitrogens is 1. The van der Waals surface area contributed by atoms with Crippen LogP contribution in [0, 0.1) is 16.0 Å². The zero-order chi connectivity index (χ0) is 15.5. The van der Waals surface area contributed by atoms with Gasteiger partial charge in [-0.2, -0.15) is 0 Å². The average Bonchev–Trinajstić information content (AvgIpc) is 2.29. The minimum absolute atomic E-state index is 0.0321. The van der Waals surface area contributed by atoms with Gasteiger partial charge < -0.3 is 9.88 Å². The highest BCUT2D eigenvalue weighted by molar-refractivity contribution is 9.10. The smallest absolute Gasteiger partial charge is 0.333 e. The predicted molar refractivity (Wildman–Crippen MR) is 82.0 cm³/mol. The molecule has 0 bridgehead atoms. The van der Waals surface area contributed by atoms with Crippen LogP contribution in [-0.4, -0.2) is 21.6 Å². The maximum absolute atomic E-state index is 11.6. The van der Waals surface area contributed by atoms with Crippen LogP contribution in [0.15, 0.2) is 21.7 Å². The summed E-state index contributed by atoms with van der Waals surface area (Å²) in [7, 11) is 0. The molecule has 6 nitrogen and oxygen atoms in total. The van der Waals surface area contributed by atoms with Crippen molar-refractivity contribution in [3.63, 3.8) is 0 Å². The zero-order valence-electron chi connectivity index (χ0n) is 12.1. The van der Waals surface area contributed by atoms with E-state index >= 15 is 0 Å². The molecular formula is C13H20BrN3O3. The Bertz CT molecular complexity index is 549. The Hall–Kier alpha value is -1.21. The standard InChI is InChI=1S/C13H20BrN3O3/c1-9(5-15-13(2,3)4)6-16-7-10(14)12(18)11(8-16)17(19)20/h7-9,15H,5-6H2,1-4H3. The number of nitrogens with zero attached hydrogens (tertiary/aromatic N) is 2. The van der Waals surface area contributed by atoms with Crippen molar-refractivity contribution in [2.75, 3.05) is 6.54 Å². The van der Waals surface area contributed by atoms with Crippen molar-refractivity contribution < 1.29 is 4.92 Å². The van der Waals surface area contributed by atoms with Crippen LogP contribution in [0.25, 0.3) is 0 Å². The highest BCUT2D eigenvalue weighted by Crippen LogP contribution is 2.12. The summed E-state index contributed by atoms with van der Waals surface area (Å²) in [6.07, 6.45) is 2.88. The molecule has 1 atom stereocenters. The van der Waals surface area contributed by atoms with Gasteiger partial charge in [0.15, 0.2) is 0 Å². The van der Waals surface area contributed by atoms with Crippen LogP contribution in [-0.2, 0) is 6.54 Å². The van der Waals surface area contributed by atoms with Gasteiger partial charge in [-0.3, -0.25) is 14.9 Å². The Balaban J connectivity index is 2.83. The Labute approximate surface area is 126 Å². The fourth-order valence-corrected chi connectivity index (χ4v) is 2.19. The summed E-state index contributed by atoms with van der Waals surface area (Å²) in [5, 5.41) is 14.2. The van der Waals surface area contributed by atoms with E-state index in [0.29, 0.717) is 6.54 Å². The van der Waals surface area contributed by atoms with Crippen LogP contribution in [0.5, 0.6) is 0 Å². The first kappa shape index (κ1) is 16.8. The molecule has 0 amide bonds. The molecule has 112 valence electrons. The Morgan fingerprint density at radius 2 is 2.05 bits per heavy atom. The first-order valence-corrected chi connectivity index (χ1v) is 7.18. The molecule has 0 radical (unpaired) electrons. The van der Waals surface area contributed by atoms with Gasteiger partial charge in [0.25, 0.3) is 5.43 Å². The van der Waals surface area contributed by atoms with E-state index in [1.807, 2.05) is 0 Å². The number of pyridine rings is 1. The lowest BCUT2D eigenvalue weighted by molar-refractivity contribution is -0.386. The number of nitro groups is 1. The van der Waals surface area contributed by atoms with Crippen LogP contribution >= 0.6 is 15.9 Å². The second-order valence-electron chi connectivity index (χ2n) is 6.01. The minimum atomic E-state index is -0.651. The molecule has 1 rings (SSSR count). The van der Waals surface area contributed by atoms with Crippen molar-refractivity contribution in [3.8, 4) is 0 Å². The van der Waals surface area contributed by atoms with E-state index < -0.39 is 16.0 Å². The lowest BCUT2D eigenvalue weighted by Crippen LogP contribution is -2.39. The van der Waals surface area contributed by atoms with Crippen LogP contribution in [0.1, 0.15) is 27.7 Å². The molecule has 1 aromatic heterocycles. The second kappa shape index (κ2) is 6.49. The fraction of sp³-hybridized carbons (Fsp3) is 0.615. The molecule has 0 aliphatic rings. The Morgan fingerprint density at radius 3 is 2.55 bits per heavy atom. The zero-order valence-corrected chi connectivity index (χ0v) is 13.7. The minimum Gasteiger partial charge on any atom is -0.347 e. The third-order valence-corrected chi connectivity index (χ3v) is 3.28. The maximum atomic E-state index is 11.6. The molecule has 1 unspecified atom stereocenters. The first-order chi connectivity index (χ1) is 9.10. The molecule has 0 aliphatic heterocycles. The summed E-state index contributed by atoms with van der Waals surface area (Å²) in [4.78, 5) is 21.8. The molecule has 0 fully saturated rings. The summed E-state index contributed by atoms with van der Waals surface area (Å²) < 4.78 is 1.89. The van der Waals surface area contributed by atoms with Gasteiger partial charge in [-0.05, 0) is 49.2 Å². The summed E-state index contributed by atoms with van der Waals surface area (Å²) >= 11 is 3.07. The molecule has 0 saturated carbocycles. The van der Waals surface area contributed by atoms with Crippen LogP contribution in [0.2, 0.25) is 0 Å². The monoisotopic (exact) mass is 345 g/mol. The largest absolute Gasteiger partial charge is 0.347 e. The average molecular weight is 346 g/mol. The van der Waals surface area contributed by atoms with E-state index in [0.717, 1.165) is 6.54 Å². The number of halogens is 1. The summed E-state index contributed by atoms with van der Waals surface area (Å²) in [5.41, 5.74) is -0.966. The normalized spacial score (nSPS) is 13.2. The summed E-state index contributed by atoms with van der Waals surface area (Å²) in [6, 6.07) is 0. The van der Waals surface area contributed by atoms with E-state index in [-0.39, 0.29) is 15.9 Å². The molecule has 1 N–H and O–H groups in total. The Kier molecular flexibility index (Phi) is 5.47. The fourth-order valence-electron chi connectivity index (χ4n) is 1.72. The quantitative estimate of drug-likeness (QED) is 0.657. The predicted octanol–water partition coefficient (Wildman–Crippen LogP) is 2.54. The topological polar surface area (TPSA) is 77.2 Å². The third-order valence-electron chi connectivity index (χ3n) is 2.72. The van der Waals surface area contributed by atoms with E-state index in [4.69, 9.17) is 0 Å². The highest BCUT2D eigenvalue weighted by atomic mass is 79.9. The van der Waals surface area contributed by atoms with Gasteiger partial charge in [0.05, 0.1) is 15.6 Å². The van der Waals surface area contributed by atoms with E-state index in [9.17, 15) is 14.9 Å². The van der Waals surface area contributed by atoms with Gasteiger partial charge in [-0.1, -0.05) is 6.92 Å². The van der Waals surface area contributed by atoms with Gasteiger partial charge in [0.2, 0.25) is 0 Å². The van der Waals surface area contributed by atoms with Gasteiger partial charge >= 0.3 is 5.69 Å². The SMILES string of the molecule is CC(CNC(C)(C)C)Cn1cc(Br)c(=O)c([N+](=O)[O-])c1. The molecule has 1 heterocycles. The van der Waals surface area contributed by atoms with Gasteiger partial charge in [0.1, 0.15) is 0 Å². The molecule has 1 aromatic rings. The van der Waals surface area contributed by atoms with Gasteiger partial charge in [-0.15, -0.1) is 0 Å². The second-order valence-corrected chi connectivity index (χ2v) is 6.86. The van der Waals surface area contributed by atoms with E-state index in [1.54, 1.807) is 10.8 Å². The molecule has 0 aromatic carbocycles. The summed E-state index contributed by atoms with van der Waals surface area (Å²) in [6.45, 7) is 9.70. The van der Waals surface area contributed by atoms with Crippen molar-refractivity contribution in [2.24, 2.45) is 5.92 Å². The first-order valence-electron chi connectivity index (χ1n) is 6.39. The molecule has 0 spiro atoms. The Morgan fingerprint density at radius 1 is 1.45 bits per heavy atom. The van der Waals surface area contributed by atoms with E-state index in [1.165, 1.54) is 6.20 Å². The number of rotatable bonds is 5. The molecular weight excluding hydrogens is 326 g/mol.